The second-order valence-electron chi connectivity index (χ2n) is 4.94. The first-order valence-electron chi connectivity index (χ1n) is 6.57. The van der Waals surface area contributed by atoms with Crippen molar-refractivity contribution >= 4 is 11.8 Å². The Kier molecular flexibility index (Phi) is 4.30. The fraction of sp³-hybridized carbons (Fsp3) is 0.571. The minimum Gasteiger partial charge on any atom is -0.387 e. The Hall–Kier alpha value is -0.630. The van der Waals surface area contributed by atoms with Crippen LogP contribution in [-0.4, -0.2) is 52.9 Å². The van der Waals surface area contributed by atoms with Crippen molar-refractivity contribution in [2.45, 2.75) is 36.1 Å². The summed E-state index contributed by atoms with van der Waals surface area (Å²) in [5.41, 5.74) is 0.436. The van der Waals surface area contributed by atoms with Gasteiger partial charge in [0.25, 0.3) is 0 Å². The number of benzene rings is 1. The molecule has 2 aliphatic heterocycles. The van der Waals surface area contributed by atoms with E-state index in [1.165, 1.54) is 11.8 Å². The van der Waals surface area contributed by atoms with Gasteiger partial charge < -0.3 is 24.4 Å². The Morgan fingerprint density at radius 2 is 1.85 bits per heavy atom. The number of hydrogen-bond donors (Lipinski definition) is 2. The summed E-state index contributed by atoms with van der Waals surface area (Å²) in [4.78, 5) is 0. The zero-order valence-corrected chi connectivity index (χ0v) is 11.9. The smallest absolute Gasteiger partial charge is 0.184 e. The molecule has 0 bridgehead atoms. The van der Waals surface area contributed by atoms with E-state index in [1.807, 2.05) is 36.6 Å². The molecular weight excluding hydrogens is 280 g/mol. The summed E-state index contributed by atoms with van der Waals surface area (Å²) in [7, 11) is 0. The summed E-state index contributed by atoms with van der Waals surface area (Å²) >= 11 is 1.37. The Labute approximate surface area is 121 Å². The summed E-state index contributed by atoms with van der Waals surface area (Å²) in [6, 6.07) is 9.53. The molecule has 6 atom stereocenters. The van der Waals surface area contributed by atoms with Crippen molar-refractivity contribution in [3.05, 3.63) is 35.9 Å². The van der Waals surface area contributed by atoms with Crippen LogP contribution in [0.4, 0.5) is 0 Å². The maximum absolute atomic E-state index is 10.2. The van der Waals surface area contributed by atoms with Gasteiger partial charge in [-0.3, -0.25) is 0 Å². The van der Waals surface area contributed by atoms with Crippen LogP contribution in [0.5, 0.6) is 0 Å². The molecule has 2 heterocycles. The van der Waals surface area contributed by atoms with Crippen molar-refractivity contribution in [3.63, 3.8) is 0 Å². The Balaban J connectivity index is 1.74. The molecule has 1 unspecified atom stereocenters. The van der Waals surface area contributed by atoms with E-state index < -0.39 is 30.0 Å². The van der Waals surface area contributed by atoms with Crippen LogP contribution in [0.1, 0.15) is 11.9 Å². The van der Waals surface area contributed by atoms with Gasteiger partial charge >= 0.3 is 0 Å². The van der Waals surface area contributed by atoms with Crippen LogP contribution in [0.2, 0.25) is 0 Å². The molecular formula is C14H18O5S. The van der Waals surface area contributed by atoms with E-state index in [4.69, 9.17) is 14.2 Å². The van der Waals surface area contributed by atoms with Gasteiger partial charge in [0.15, 0.2) is 6.29 Å². The topological polar surface area (TPSA) is 68.2 Å². The highest BCUT2D eigenvalue weighted by molar-refractivity contribution is 7.99. The highest BCUT2D eigenvalue weighted by Crippen LogP contribution is 2.35. The minimum absolute atomic E-state index is 0.338. The van der Waals surface area contributed by atoms with Gasteiger partial charge in [-0.15, -0.1) is 11.8 Å². The van der Waals surface area contributed by atoms with Crippen molar-refractivity contribution in [1.29, 1.82) is 0 Å². The highest BCUT2D eigenvalue weighted by atomic mass is 32.2. The molecule has 2 fully saturated rings. The summed E-state index contributed by atoms with van der Waals surface area (Å²) in [6.07, 6.45) is -1.56. The average molecular weight is 298 g/mol. The molecule has 2 aliphatic rings. The van der Waals surface area contributed by atoms with Crippen LogP contribution in [0.15, 0.2) is 30.3 Å². The minimum atomic E-state index is -0.971. The third-order valence-electron chi connectivity index (χ3n) is 3.64. The standard InChI is InChI=1S/C14H18O5S/c1-20-14-11(16)10(15)12-9(18-14)7-17-13(19-12)8-5-3-2-4-6-8/h2-6,9-16H,7H2,1H3/t9-,10-,11-,12+,13?,14-/m1/s1. The number of aliphatic hydroxyl groups is 2. The predicted molar refractivity (Wildman–Crippen MR) is 74.2 cm³/mol. The summed E-state index contributed by atoms with van der Waals surface area (Å²) < 4.78 is 17.2. The fourth-order valence-corrected chi connectivity index (χ4v) is 3.25. The Bertz CT molecular complexity index is 440. The summed E-state index contributed by atoms with van der Waals surface area (Å²) in [6.45, 7) is 0.338. The zero-order chi connectivity index (χ0) is 14.1. The molecule has 110 valence electrons. The maximum atomic E-state index is 10.2. The first kappa shape index (κ1) is 14.3. The lowest BCUT2D eigenvalue weighted by Gasteiger charge is -2.46. The van der Waals surface area contributed by atoms with Crippen LogP contribution >= 0.6 is 11.8 Å². The lowest BCUT2D eigenvalue weighted by Crippen LogP contribution is -2.60. The van der Waals surface area contributed by atoms with E-state index in [9.17, 15) is 10.2 Å². The van der Waals surface area contributed by atoms with Crippen molar-refractivity contribution in [2.24, 2.45) is 0 Å². The molecule has 6 heteroatoms. The van der Waals surface area contributed by atoms with Gasteiger partial charge in [0.05, 0.1) is 6.61 Å². The SMILES string of the molecule is CS[C@H]1O[C@@H]2COC(c3ccccc3)O[C@@H]2[C@H](O)[C@H]1O. The molecule has 2 N–H and O–H groups in total. The fourth-order valence-electron chi connectivity index (χ4n) is 2.55. The van der Waals surface area contributed by atoms with Gasteiger partial charge in [-0.05, 0) is 6.26 Å². The Morgan fingerprint density at radius 1 is 1.10 bits per heavy atom. The molecule has 0 radical (unpaired) electrons. The third-order valence-corrected chi connectivity index (χ3v) is 4.49. The van der Waals surface area contributed by atoms with Gasteiger partial charge in [-0.1, -0.05) is 30.3 Å². The molecule has 0 amide bonds. The van der Waals surface area contributed by atoms with Crippen LogP contribution < -0.4 is 0 Å². The van der Waals surface area contributed by atoms with E-state index in [2.05, 4.69) is 0 Å². The molecule has 5 nitrogen and oxygen atoms in total. The molecule has 0 spiro atoms. The van der Waals surface area contributed by atoms with E-state index in [0.29, 0.717) is 6.61 Å². The first-order valence-corrected chi connectivity index (χ1v) is 7.86. The molecule has 2 saturated heterocycles. The molecule has 0 saturated carbocycles. The number of hydrogen-bond acceptors (Lipinski definition) is 6. The van der Waals surface area contributed by atoms with Crippen molar-refractivity contribution in [3.8, 4) is 0 Å². The number of rotatable bonds is 2. The number of fused-ring (bicyclic) bond motifs is 1. The number of ether oxygens (including phenoxy) is 3. The second kappa shape index (κ2) is 6.01. The van der Waals surface area contributed by atoms with E-state index >= 15 is 0 Å². The Morgan fingerprint density at radius 3 is 2.55 bits per heavy atom. The van der Waals surface area contributed by atoms with Gasteiger partial charge in [-0.25, -0.2) is 0 Å². The molecule has 3 rings (SSSR count). The van der Waals surface area contributed by atoms with E-state index in [1.54, 1.807) is 0 Å². The monoisotopic (exact) mass is 298 g/mol. The molecule has 1 aromatic carbocycles. The molecule has 20 heavy (non-hydrogen) atoms. The molecule has 0 aliphatic carbocycles. The highest BCUT2D eigenvalue weighted by Gasteiger charge is 2.48. The van der Waals surface area contributed by atoms with E-state index in [-0.39, 0.29) is 6.10 Å². The quantitative estimate of drug-likeness (QED) is 0.846. The van der Waals surface area contributed by atoms with Crippen molar-refractivity contribution < 1.29 is 24.4 Å². The lowest BCUT2D eigenvalue weighted by atomic mass is 9.99. The van der Waals surface area contributed by atoms with Gasteiger partial charge in [-0.2, -0.15) is 0 Å². The summed E-state index contributed by atoms with van der Waals surface area (Å²) in [5.74, 6) is 0. The van der Waals surface area contributed by atoms with Gasteiger partial charge in [0, 0.05) is 5.56 Å². The normalized spacial score (nSPS) is 41.1. The second-order valence-corrected chi connectivity index (χ2v) is 5.87. The van der Waals surface area contributed by atoms with Crippen molar-refractivity contribution in [1.82, 2.24) is 0 Å². The predicted octanol–water partition coefficient (Wildman–Crippen LogP) is 0.910. The number of aliphatic hydroxyl groups excluding tert-OH is 2. The zero-order valence-electron chi connectivity index (χ0n) is 11.1. The van der Waals surface area contributed by atoms with Gasteiger partial charge in [0.1, 0.15) is 29.9 Å². The lowest BCUT2D eigenvalue weighted by molar-refractivity contribution is -0.318. The third kappa shape index (κ3) is 2.59. The molecule has 1 aromatic rings. The maximum Gasteiger partial charge on any atom is 0.184 e. The van der Waals surface area contributed by atoms with Crippen LogP contribution in [0.3, 0.4) is 0 Å². The average Bonchev–Trinajstić information content (AvgIpc) is 2.51. The number of thioether (sulfide) groups is 1. The molecule has 0 aromatic heterocycles. The van der Waals surface area contributed by atoms with Crippen LogP contribution in [0.25, 0.3) is 0 Å². The van der Waals surface area contributed by atoms with Crippen LogP contribution in [0, 0.1) is 0 Å². The van der Waals surface area contributed by atoms with Crippen molar-refractivity contribution in [2.75, 3.05) is 12.9 Å². The largest absolute Gasteiger partial charge is 0.387 e. The van der Waals surface area contributed by atoms with Crippen LogP contribution in [-0.2, 0) is 14.2 Å². The summed E-state index contributed by atoms with van der Waals surface area (Å²) in [5, 5.41) is 20.2. The van der Waals surface area contributed by atoms with E-state index in [0.717, 1.165) is 5.56 Å². The first-order chi connectivity index (χ1) is 9.70. The van der Waals surface area contributed by atoms with Gasteiger partial charge in [0.2, 0.25) is 0 Å².